The average Bonchev–Trinajstić information content (AvgIpc) is 2.29. The minimum Gasteiger partial charge on any atom is -0.478 e. The largest absolute Gasteiger partial charge is 0.478 e. The molecule has 1 aromatic heterocycles. The molecule has 90 valence electrons. The zero-order chi connectivity index (χ0) is 12.8. The molecule has 2 N–H and O–H groups in total. The predicted octanol–water partition coefficient (Wildman–Crippen LogP) is 0.448. The summed E-state index contributed by atoms with van der Waals surface area (Å²) >= 11 is 0. The van der Waals surface area contributed by atoms with Crippen molar-refractivity contribution >= 4 is 17.6 Å². The number of aryl methyl sites for hydroxylation is 1. The Morgan fingerprint density at radius 3 is 2.71 bits per heavy atom. The van der Waals surface area contributed by atoms with Crippen LogP contribution in [0, 0.1) is 0 Å². The van der Waals surface area contributed by atoms with Crippen molar-refractivity contribution in [3.63, 3.8) is 0 Å². The Balaban J connectivity index is 2.79. The Bertz CT molecular complexity index is 516. The Kier molecular flexibility index (Phi) is 4.21. The monoisotopic (exact) mass is 236 g/mol. The van der Waals surface area contributed by atoms with Crippen molar-refractivity contribution in [1.29, 1.82) is 0 Å². The number of aliphatic carboxylic acids is 1. The minimum absolute atomic E-state index is 0.161. The Morgan fingerprint density at radius 1 is 1.41 bits per heavy atom. The highest BCUT2D eigenvalue weighted by atomic mass is 16.4. The Labute approximate surface area is 97.2 Å². The fraction of sp³-hybridized carbons (Fsp3) is 0.182. The van der Waals surface area contributed by atoms with Gasteiger partial charge in [-0.1, -0.05) is 0 Å². The summed E-state index contributed by atoms with van der Waals surface area (Å²) in [5.74, 6) is -1.76. The summed E-state index contributed by atoms with van der Waals surface area (Å²) in [6.07, 6.45) is 3.14. The first kappa shape index (κ1) is 12.7. The lowest BCUT2D eigenvalue weighted by molar-refractivity contribution is -0.131. The number of amides is 1. The first-order valence-corrected chi connectivity index (χ1v) is 4.95. The van der Waals surface area contributed by atoms with Gasteiger partial charge in [-0.15, -0.1) is 0 Å². The smallest absolute Gasteiger partial charge is 0.328 e. The van der Waals surface area contributed by atoms with Gasteiger partial charge in [-0.05, 0) is 13.0 Å². The Morgan fingerprint density at radius 2 is 2.12 bits per heavy atom. The van der Waals surface area contributed by atoms with E-state index >= 15 is 0 Å². The van der Waals surface area contributed by atoms with Gasteiger partial charge in [0.15, 0.2) is 0 Å². The fourth-order valence-electron chi connectivity index (χ4n) is 1.18. The number of carboxylic acids is 1. The summed E-state index contributed by atoms with van der Waals surface area (Å²) < 4.78 is 1.43. The number of aromatic nitrogens is 1. The second kappa shape index (κ2) is 5.64. The van der Waals surface area contributed by atoms with E-state index in [4.69, 9.17) is 5.11 Å². The van der Waals surface area contributed by atoms with Crippen molar-refractivity contribution < 1.29 is 14.7 Å². The number of nitrogens with zero attached hydrogens (tertiary/aromatic N) is 1. The first-order chi connectivity index (χ1) is 8.02. The molecule has 6 nitrogen and oxygen atoms in total. The van der Waals surface area contributed by atoms with Gasteiger partial charge < -0.3 is 15.0 Å². The topological polar surface area (TPSA) is 88.4 Å². The van der Waals surface area contributed by atoms with Crippen LogP contribution in [0.3, 0.4) is 0 Å². The number of pyridine rings is 1. The SMILES string of the molecule is CCn1cc(NC(=O)/C=C/C(=O)O)ccc1=O. The van der Waals surface area contributed by atoms with E-state index in [0.717, 1.165) is 12.2 Å². The van der Waals surface area contributed by atoms with Gasteiger partial charge in [-0.2, -0.15) is 0 Å². The van der Waals surface area contributed by atoms with E-state index in [-0.39, 0.29) is 5.56 Å². The van der Waals surface area contributed by atoms with Crippen LogP contribution in [0.4, 0.5) is 5.69 Å². The van der Waals surface area contributed by atoms with Gasteiger partial charge in [-0.25, -0.2) is 4.79 Å². The number of hydrogen-bond donors (Lipinski definition) is 2. The van der Waals surface area contributed by atoms with Crippen molar-refractivity contribution in [3.05, 3.63) is 40.8 Å². The van der Waals surface area contributed by atoms with Gasteiger partial charge in [0.05, 0.1) is 5.69 Å². The molecule has 0 fully saturated rings. The van der Waals surface area contributed by atoms with Gasteiger partial charge in [0.25, 0.3) is 5.56 Å². The molecule has 0 aliphatic heterocycles. The highest BCUT2D eigenvalue weighted by Gasteiger charge is 2.00. The van der Waals surface area contributed by atoms with Crippen molar-refractivity contribution in [2.75, 3.05) is 5.32 Å². The molecule has 0 spiro atoms. The maximum absolute atomic E-state index is 11.3. The standard InChI is InChI=1S/C11H12N2O4/c1-2-13-7-8(3-5-10(13)15)12-9(14)4-6-11(16)17/h3-7H,2H2,1H3,(H,12,14)(H,16,17)/b6-4+. The Hall–Kier alpha value is -2.37. The van der Waals surface area contributed by atoms with Crippen molar-refractivity contribution in [2.24, 2.45) is 0 Å². The van der Waals surface area contributed by atoms with Gasteiger partial charge >= 0.3 is 5.97 Å². The molecule has 0 unspecified atom stereocenters. The van der Waals surface area contributed by atoms with Crippen LogP contribution in [0.1, 0.15) is 6.92 Å². The van der Waals surface area contributed by atoms with Crippen LogP contribution in [-0.4, -0.2) is 21.6 Å². The molecule has 17 heavy (non-hydrogen) atoms. The lowest BCUT2D eigenvalue weighted by Crippen LogP contribution is -2.19. The van der Waals surface area contributed by atoms with Crippen LogP contribution in [0.5, 0.6) is 0 Å². The van der Waals surface area contributed by atoms with Crippen LogP contribution in [0.25, 0.3) is 0 Å². The van der Waals surface area contributed by atoms with Gasteiger partial charge in [0.2, 0.25) is 5.91 Å². The second-order valence-electron chi connectivity index (χ2n) is 3.20. The molecule has 1 amide bonds. The lowest BCUT2D eigenvalue weighted by Gasteiger charge is -2.05. The zero-order valence-electron chi connectivity index (χ0n) is 9.21. The van der Waals surface area contributed by atoms with E-state index in [1.54, 1.807) is 6.92 Å². The van der Waals surface area contributed by atoms with Crippen LogP contribution in [-0.2, 0) is 16.1 Å². The van der Waals surface area contributed by atoms with Crippen molar-refractivity contribution in [3.8, 4) is 0 Å². The number of hydrogen-bond acceptors (Lipinski definition) is 3. The molecule has 0 aliphatic carbocycles. The third-order valence-electron chi connectivity index (χ3n) is 1.97. The molecule has 6 heteroatoms. The minimum atomic E-state index is -1.20. The fourth-order valence-corrected chi connectivity index (χ4v) is 1.18. The van der Waals surface area contributed by atoms with Gasteiger partial charge in [0.1, 0.15) is 0 Å². The van der Waals surface area contributed by atoms with Crippen LogP contribution in [0.15, 0.2) is 35.3 Å². The molecule has 0 saturated heterocycles. The summed E-state index contributed by atoms with van der Waals surface area (Å²) in [6.45, 7) is 2.30. The second-order valence-corrected chi connectivity index (χ2v) is 3.20. The number of nitrogens with one attached hydrogen (secondary N) is 1. The number of carbonyl (C=O) groups is 2. The van der Waals surface area contributed by atoms with Crippen molar-refractivity contribution in [2.45, 2.75) is 13.5 Å². The third-order valence-corrected chi connectivity index (χ3v) is 1.97. The third kappa shape index (κ3) is 3.94. The molecule has 1 rings (SSSR count). The maximum Gasteiger partial charge on any atom is 0.328 e. The normalized spacial score (nSPS) is 10.4. The number of carbonyl (C=O) groups excluding carboxylic acids is 1. The van der Waals surface area contributed by atoms with Crippen LogP contribution in [0.2, 0.25) is 0 Å². The number of carboxylic acid groups (broad SMARTS) is 1. The summed E-state index contributed by atoms with van der Waals surface area (Å²) in [7, 11) is 0. The summed E-state index contributed by atoms with van der Waals surface area (Å²) in [4.78, 5) is 32.7. The van der Waals surface area contributed by atoms with Crippen molar-refractivity contribution in [1.82, 2.24) is 4.57 Å². The first-order valence-electron chi connectivity index (χ1n) is 4.95. The number of rotatable bonds is 4. The molecule has 1 aromatic rings. The van der Waals surface area contributed by atoms with E-state index in [2.05, 4.69) is 5.32 Å². The summed E-state index contributed by atoms with van der Waals surface area (Å²) in [5, 5.41) is 10.8. The molecule has 0 saturated carbocycles. The molecule has 0 atom stereocenters. The molecule has 0 aromatic carbocycles. The van der Waals surface area contributed by atoms with E-state index in [9.17, 15) is 14.4 Å². The molecule has 0 bridgehead atoms. The van der Waals surface area contributed by atoms with Gasteiger partial charge in [-0.3, -0.25) is 9.59 Å². The molecular formula is C11H12N2O4. The molecule has 0 radical (unpaired) electrons. The highest BCUT2D eigenvalue weighted by Crippen LogP contribution is 2.03. The van der Waals surface area contributed by atoms with E-state index < -0.39 is 11.9 Å². The zero-order valence-corrected chi connectivity index (χ0v) is 9.21. The van der Waals surface area contributed by atoms with E-state index in [1.807, 2.05) is 0 Å². The van der Waals surface area contributed by atoms with Crippen LogP contribution >= 0.6 is 0 Å². The highest BCUT2D eigenvalue weighted by molar-refractivity contribution is 6.02. The average molecular weight is 236 g/mol. The maximum atomic E-state index is 11.3. The molecule has 0 aliphatic rings. The quantitative estimate of drug-likeness (QED) is 0.743. The van der Waals surface area contributed by atoms with Gasteiger partial charge in [0, 0.05) is 31.0 Å². The lowest BCUT2D eigenvalue weighted by atomic mass is 10.3. The molecular weight excluding hydrogens is 224 g/mol. The summed E-state index contributed by atoms with van der Waals surface area (Å²) in [6, 6.07) is 2.79. The summed E-state index contributed by atoms with van der Waals surface area (Å²) in [5.41, 5.74) is 0.276. The van der Waals surface area contributed by atoms with E-state index in [0.29, 0.717) is 12.2 Å². The molecule has 1 heterocycles. The predicted molar refractivity (Wildman–Crippen MR) is 61.8 cm³/mol. The number of anilines is 1. The van der Waals surface area contributed by atoms with Crippen LogP contribution < -0.4 is 10.9 Å². The van der Waals surface area contributed by atoms with E-state index in [1.165, 1.54) is 22.9 Å².